The van der Waals surface area contributed by atoms with Gasteiger partial charge in [-0.2, -0.15) is 13.9 Å². The van der Waals surface area contributed by atoms with Gasteiger partial charge in [-0.3, -0.25) is 9.79 Å². The molecule has 178 valence electrons. The molecule has 1 N–H and O–H groups in total. The summed E-state index contributed by atoms with van der Waals surface area (Å²) < 4.78 is 41.6. The number of carbonyl (C=O) groups excluding carboxylic acids is 1. The number of rotatable bonds is 8. The van der Waals surface area contributed by atoms with E-state index < -0.39 is 6.61 Å². The van der Waals surface area contributed by atoms with Gasteiger partial charge in [0.2, 0.25) is 4.80 Å². The summed E-state index contributed by atoms with van der Waals surface area (Å²) in [5.74, 6) is 0.455. The zero-order chi connectivity index (χ0) is 24.1. The second-order valence-corrected chi connectivity index (χ2v) is 8.06. The van der Waals surface area contributed by atoms with Crippen LogP contribution in [0.15, 0.2) is 57.9 Å². The summed E-state index contributed by atoms with van der Waals surface area (Å²) in [7, 11) is 1.61. The molecule has 1 aliphatic heterocycles. The van der Waals surface area contributed by atoms with E-state index >= 15 is 0 Å². The average Bonchev–Trinajstić information content (AvgIpc) is 3.21. The number of carbonyl (C=O) groups is 1. The van der Waals surface area contributed by atoms with E-state index in [1.54, 1.807) is 30.0 Å². The number of ether oxygens (including phenoxy) is 3. The van der Waals surface area contributed by atoms with Crippen LogP contribution < -0.4 is 19.6 Å². The average molecular weight is 489 g/mol. The minimum absolute atomic E-state index is 0.0159. The number of anilines is 1. The van der Waals surface area contributed by atoms with Gasteiger partial charge >= 0.3 is 6.61 Å². The van der Waals surface area contributed by atoms with Gasteiger partial charge in [-0.15, -0.1) is 11.3 Å². The Hall–Kier alpha value is -3.57. The fourth-order valence-corrected chi connectivity index (χ4v) is 4.12. The number of thiazole rings is 1. The molecule has 2 heterocycles. The Morgan fingerprint density at radius 1 is 1.26 bits per heavy atom. The Kier molecular flexibility index (Phi) is 7.33. The molecule has 4 rings (SSSR count). The van der Waals surface area contributed by atoms with Crippen LogP contribution in [0.5, 0.6) is 11.5 Å². The Bertz CT molecular complexity index is 1270. The quantitative estimate of drug-likeness (QED) is 0.384. The zero-order valence-electron chi connectivity index (χ0n) is 18.5. The number of methoxy groups -OCH3 is 1. The number of nitrogens with one attached hydrogen (secondary N) is 1. The predicted octanol–water partition coefficient (Wildman–Crippen LogP) is 3.97. The summed E-state index contributed by atoms with van der Waals surface area (Å²) in [4.78, 5) is 17.0. The van der Waals surface area contributed by atoms with Crippen LogP contribution in [-0.2, 0) is 9.53 Å². The molecule has 2 aromatic carbocycles. The van der Waals surface area contributed by atoms with E-state index in [-0.39, 0.29) is 18.3 Å². The van der Waals surface area contributed by atoms with Gasteiger partial charge in [-0.25, -0.2) is 4.68 Å². The molecule has 0 saturated heterocycles. The van der Waals surface area contributed by atoms with Gasteiger partial charge in [-0.05, 0) is 55.0 Å². The number of nitrogens with zero attached hydrogens (tertiary/aromatic N) is 3. The highest BCUT2D eigenvalue weighted by Gasteiger charge is 2.18. The first-order valence-electron chi connectivity index (χ1n) is 10.3. The predicted molar refractivity (Wildman–Crippen MR) is 125 cm³/mol. The van der Waals surface area contributed by atoms with Crippen molar-refractivity contribution in [2.45, 2.75) is 13.5 Å². The van der Waals surface area contributed by atoms with Crippen molar-refractivity contribution in [3.63, 3.8) is 0 Å². The molecule has 0 fully saturated rings. The van der Waals surface area contributed by atoms with Crippen LogP contribution in [0.1, 0.15) is 12.5 Å². The number of fused-ring (bicyclic) bond motifs is 1. The van der Waals surface area contributed by atoms with Crippen molar-refractivity contribution in [3.8, 4) is 22.8 Å². The normalized spacial score (nSPS) is 14.1. The Labute approximate surface area is 198 Å². The lowest BCUT2D eigenvalue weighted by Crippen LogP contribution is -2.25. The summed E-state index contributed by atoms with van der Waals surface area (Å²) in [5, 5.41) is 9.50. The summed E-state index contributed by atoms with van der Waals surface area (Å²) >= 11 is 1.42. The molecular weight excluding hydrogens is 466 g/mol. The molecule has 3 aromatic rings. The van der Waals surface area contributed by atoms with Crippen molar-refractivity contribution in [1.82, 2.24) is 4.68 Å². The Morgan fingerprint density at radius 2 is 2.06 bits per heavy atom. The van der Waals surface area contributed by atoms with Crippen molar-refractivity contribution in [3.05, 3.63) is 58.2 Å². The molecule has 1 amide bonds. The third-order valence-corrected chi connectivity index (χ3v) is 5.74. The highest BCUT2D eigenvalue weighted by atomic mass is 32.1. The number of hydrogen-bond donors (Lipinski definition) is 1. The van der Waals surface area contributed by atoms with Gasteiger partial charge in [0.1, 0.15) is 11.5 Å². The lowest BCUT2D eigenvalue weighted by atomic mass is 10.1. The van der Waals surface area contributed by atoms with Crippen LogP contribution in [0.2, 0.25) is 0 Å². The van der Waals surface area contributed by atoms with Crippen molar-refractivity contribution in [2.75, 3.05) is 32.2 Å². The van der Waals surface area contributed by atoms with E-state index in [1.165, 1.54) is 23.5 Å². The van der Waals surface area contributed by atoms with E-state index in [0.29, 0.717) is 35.1 Å². The summed E-state index contributed by atoms with van der Waals surface area (Å²) in [6.07, 6.45) is 0. The van der Waals surface area contributed by atoms with Crippen LogP contribution in [0, 0.1) is 0 Å². The third kappa shape index (κ3) is 5.49. The summed E-state index contributed by atoms with van der Waals surface area (Å²) in [5.41, 5.74) is 3.54. The second-order valence-electron chi connectivity index (χ2n) is 7.23. The standard InChI is InChI=1S/C23H22F2N4O4S/c1-14(15-3-6-17(7-4-15)33-22(24)25)28-29-19(13-34-23(29)26-9-10-31-2)16-5-8-20-18(11-16)27-21(30)12-32-20/h3-8,11,13,22H,9-10,12H2,1-2H3,(H,27,30)/b26-23?,28-14-. The van der Waals surface area contributed by atoms with E-state index in [1.807, 2.05) is 24.4 Å². The van der Waals surface area contributed by atoms with E-state index in [4.69, 9.17) is 14.6 Å². The minimum atomic E-state index is -2.88. The first-order chi connectivity index (χ1) is 16.4. The van der Waals surface area contributed by atoms with Crippen molar-refractivity contribution < 1.29 is 27.8 Å². The minimum Gasteiger partial charge on any atom is -0.482 e. The molecule has 0 saturated carbocycles. The maximum Gasteiger partial charge on any atom is 0.387 e. The fraction of sp³-hybridized carbons (Fsp3) is 0.261. The van der Waals surface area contributed by atoms with E-state index in [0.717, 1.165) is 16.8 Å². The van der Waals surface area contributed by atoms with Gasteiger partial charge < -0.3 is 19.5 Å². The molecule has 1 aliphatic rings. The van der Waals surface area contributed by atoms with Crippen LogP contribution in [-0.4, -0.2) is 49.8 Å². The van der Waals surface area contributed by atoms with Crippen LogP contribution in [0.3, 0.4) is 0 Å². The molecule has 0 spiro atoms. The number of amides is 1. The van der Waals surface area contributed by atoms with E-state index in [9.17, 15) is 13.6 Å². The maximum absolute atomic E-state index is 12.4. The Morgan fingerprint density at radius 3 is 2.79 bits per heavy atom. The molecule has 11 heteroatoms. The second kappa shape index (κ2) is 10.6. The van der Waals surface area contributed by atoms with Gasteiger partial charge in [0, 0.05) is 18.1 Å². The number of benzene rings is 2. The number of alkyl halides is 2. The van der Waals surface area contributed by atoms with Crippen LogP contribution in [0.25, 0.3) is 11.3 Å². The highest BCUT2D eigenvalue weighted by molar-refractivity contribution is 7.07. The Balaban J connectivity index is 1.73. The SMILES string of the molecule is COCCN=c1scc(-c2ccc3c(c2)NC(=O)CO3)n1/N=C(/C)c1ccc(OC(F)F)cc1. The van der Waals surface area contributed by atoms with Crippen molar-refractivity contribution in [2.24, 2.45) is 10.1 Å². The monoisotopic (exact) mass is 488 g/mol. The maximum atomic E-state index is 12.4. The van der Waals surface area contributed by atoms with Crippen LogP contribution in [0.4, 0.5) is 14.5 Å². The van der Waals surface area contributed by atoms with Crippen molar-refractivity contribution >= 4 is 28.6 Å². The zero-order valence-corrected chi connectivity index (χ0v) is 19.3. The van der Waals surface area contributed by atoms with Gasteiger partial charge in [0.05, 0.1) is 30.2 Å². The molecule has 0 aliphatic carbocycles. The molecule has 0 bridgehead atoms. The lowest BCUT2D eigenvalue weighted by molar-refractivity contribution is -0.118. The van der Waals surface area contributed by atoms with Crippen LogP contribution >= 0.6 is 11.3 Å². The lowest BCUT2D eigenvalue weighted by Gasteiger charge is -2.18. The van der Waals surface area contributed by atoms with Gasteiger partial charge in [0.15, 0.2) is 6.61 Å². The largest absolute Gasteiger partial charge is 0.482 e. The first kappa shape index (κ1) is 23.6. The summed E-state index contributed by atoms with van der Waals surface area (Å²) in [6, 6.07) is 11.8. The molecule has 0 unspecified atom stereocenters. The number of aromatic nitrogens is 1. The fourth-order valence-electron chi connectivity index (χ4n) is 3.26. The van der Waals surface area contributed by atoms with Gasteiger partial charge in [-0.1, -0.05) is 0 Å². The van der Waals surface area contributed by atoms with Crippen molar-refractivity contribution in [1.29, 1.82) is 0 Å². The highest BCUT2D eigenvalue weighted by Crippen LogP contribution is 2.33. The number of hydrogen-bond acceptors (Lipinski definition) is 7. The van der Waals surface area contributed by atoms with E-state index in [2.05, 4.69) is 15.0 Å². The topological polar surface area (TPSA) is 86.4 Å². The van der Waals surface area contributed by atoms with Gasteiger partial charge in [0.25, 0.3) is 5.91 Å². The number of halogens is 2. The third-order valence-electron chi connectivity index (χ3n) is 4.88. The molecular formula is C23H22F2N4O4S. The summed E-state index contributed by atoms with van der Waals surface area (Å²) in [6.45, 7) is -0.162. The first-order valence-corrected chi connectivity index (χ1v) is 11.2. The molecule has 0 atom stereocenters. The molecule has 1 aromatic heterocycles. The smallest absolute Gasteiger partial charge is 0.387 e. The molecule has 34 heavy (non-hydrogen) atoms. The molecule has 0 radical (unpaired) electrons. The molecule has 8 nitrogen and oxygen atoms in total.